The van der Waals surface area contributed by atoms with Crippen LogP contribution in [-0.2, 0) is 17.6 Å². The zero-order valence-corrected chi connectivity index (χ0v) is 21.9. The first-order valence-electron chi connectivity index (χ1n) is 12.7. The van der Waals surface area contributed by atoms with E-state index in [0.717, 1.165) is 59.3 Å². The monoisotopic (exact) mass is 502 g/mol. The molecule has 36 heavy (non-hydrogen) atoms. The van der Waals surface area contributed by atoms with E-state index < -0.39 is 5.97 Å². The molecule has 0 fully saturated rings. The Labute approximate surface area is 217 Å². The van der Waals surface area contributed by atoms with E-state index in [0.29, 0.717) is 13.0 Å². The van der Waals surface area contributed by atoms with Gasteiger partial charge in [0.05, 0.1) is 12.9 Å². The highest BCUT2D eigenvalue weighted by Gasteiger charge is 2.17. The Morgan fingerprint density at radius 1 is 0.972 bits per heavy atom. The first kappa shape index (κ1) is 25.9. The Kier molecular flexibility index (Phi) is 9.12. The van der Waals surface area contributed by atoms with Crippen LogP contribution in [-0.4, -0.2) is 23.4 Å². The van der Waals surface area contributed by atoms with Crippen LogP contribution in [0, 0.1) is 6.92 Å². The number of hydrogen-bond donors (Lipinski definition) is 1. The van der Waals surface area contributed by atoms with Gasteiger partial charge in [-0.3, -0.25) is 4.79 Å². The van der Waals surface area contributed by atoms with Crippen molar-refractivity contribution in [3.63, 3.8) is 0 Å². The number of carboxylic acids is 1. The van der Waals surface area contributed by atoms with Crippen LogP contribution in [0.3, 0.4) is 0 Å². The van der Waals surface area contributed by atoms with Gasteiger partial charge in [-0.1, -0.05) is 49.7 Å². The van der Waals surface area contributed by atoms with E-state index in [9.17, 15) is 4.79 Å². The lowest BCUT2D eigenvalue weighted by Gasteiger charge is -2.12. The van der Waals surface area contributed by atoms with Gasteiger partial charge in [-0.15, -0.1) is 11.8 Å². The number of rotatable bonds is 13. The fraction of sp³-hybridized carbons (Fsp3) is 0.323. The Balaban J connectivity index is 1.38. The number of thioether (sulfide) groups is 1. The second kappa shape index (κ2) is 12.7. The van der Waals surface area contributed by atoms with Gasteiger partial charge in [-0.25, -0.2) is 0 Å². The van der Waals surface area contributed by atoms with Crippen molar-refractivity contribution in [3.05, 3.63) is 83.6 Å². The molecule has 0 saturated carbocycles. The third-order valence-corrected chi connectivity index (χ3v) is 7.48. The smallest absolute Gasteiger partial charge is 0.303 e. The van der Waals surface area contributed by atoms with E-state index in [1.807, 2.05) is 18.4 Å². The molecule has 0 aliphatic heterocycles. The van der Waals surface area contributed by atoms with E-state index in [4.69, 9.17) is 14.3 Å². The molecule has 3 aromatic carbocycles. The zero-order valence-electron chi connectivity index (χ0n) is 21.1. The molecule has 4 rings (SSSR count). The van der Waals surface area contributed by atoms with Crippen molar-refractivity contribution in [1.82, 2.24) is 0 Å². The number of fused-ring (bicyclic) bond motifs is 1. The Hall–Kier alpha value is -3.18. The predicted molar refractivity (Wildman–Crippen MR) is 148 cm³/mol. The van der Waals surface area contributed by atoms with Gasteiger partial charge in [-0.05, 0) is 73.6 Å². The van der Waals surface area contributed by atoms with Crippen molar-refractivity contribution >= 4 is 28.7 Å². The van der Waals surface area contributed by atoms with E-state index >= 15 is 0 Å². The number of unbranched alkanes of at least 4 members (excludes halogenated alkanes) is 1. The molecule has 0 radical (unpaired) electrons. The van der Waals surface area contributed by atoms with E-state index in [1.165, 1.54) is 21.6 Å². The summed E-state index contributed by atoms with van der Waals surface area (Å²) in [7, 11) is 0. The zero-order chi connectivity index (χ0) is 25.3. The first-order valence-corrected chi connectivity index (χ1v) is 13.7. The summed E-state index contributed by atoms with van der Waals surface area (Å²) in [4.78, 5) is 11.9. The maximum atomic E-state index is 10.7. The topological polar surface area (TPSA) is 59.7 Å². The molecule has 1 N–H and O–H groups in total. The fourth-order valence-electron chi connectivity index (χ4n) is 4.38. The van der Waals surface area contributed by atoms with Gasteiger partial charge in [0.15, 0.2) is 0 Å². The van der Waals surface area contributed by atoms with Gasteiger partial charge < -0.3 is 14.3 Å². The molecule has 0 aliphatic rings. The molecule has 0 amide bonds. The van der Waals surface area contributed by atoms with Gasteiger partial charge in [0.2, 0.25) is 0 Å². The summed E-state index contributed by atoms with van der Waals surface area (Å²) in [5, 5.41) is 9.97. The number of carbonyl (C=O) groups is 1. The highest BCUT2D eigenvalue weighted by molar-refractivity contribution is 7.99. The molecule has 4 nitrogen and oxygen atoms in total. The summed E-state index contributed by atoms with van der Waals surface area (Å²) in [5.41, 5.74) is 6.75. The summed E-state index contributed by atoms with van der Waals surface area (Å²) in [6.07, 6.45) is 6.70. The molecule has 5 heteroatoms. The average Bonchev–Trinajstić information content (AvgIpc) is 3.31. The third kappa shape index (κ3) is 6.52. The predicted octanol–water partition coefficient (Wildman–Crippen LogP) is 8.33. The minimum absolute atomic E-state index is 0.168. The SMILES string of the molecule is CCCCc1c(OCCCSc2ccc(CCC(=O)O)cc2)ccc2c(-c3ccccc3C)coc12. The highest BCUT2D eigenvalue weighted by Crippen LogP contribution is 2.38. The molecule has 0 atom stereocenters. The van der Waals surface area contributed by atoms with Crippen molar-refractivity contribution in [3.8, 4) is 16.9 Å². The average molecular weight is 503 g/mol. The number of hydrogen-bond acceptors (Lipinski definition) is 4. The maximum Gasteiger partial charge on any atom is 0.303 e. The second-order valence-corrected chi connectivity index (χ2v) is 10.2. The summed E-state index contributed by atoms with van der Waals surface area (Å²) in [5.74, 6) is 1.12. The van der Waals surface area contributed by atoms with Crippen LogP contribution in [0.25, 0.3) is 22.1 Å². The minimum Gasteiger partial charge on any atom is -0.493 e. The van der Waals surface area contributed by atoms with Crippen molar-refractivity contribution < 1.29 is 19.1 Å². The Bertz CT molecular complexity index is 1290. The molecular formula is C31H34O4S. The number of ether oxygens (including phenoxy) is 1. The highest BCUT2D eigenvalue weighted by atomic mass is 32.2. The van der Waals surface area contributed by atoms with Crippen LogP contribution >= 0.6 is 11.8 Å². The molecule has 0 aliphatic carbocycles. The summed E-state index contributed by atoms with van der Waals surface area (Å²) >= 11 is 1.80. The quantitative estimate of drug-likeness (QED) is 0.147. The van der Waals surface area contributed by atoms with E-state index in [-0.39, 0.29) is 6.42 Å². The van der Waals surface area contributed by atoms with Crippen molar-refractivity contribution in [1.29, 1.82) is 0 Å². The number of benzene rings is 3. The van der Waals surface area contributed by atoms with Crippen LogP contribution in [0.1, 0.15) is 49.3 Å². The number of furan rings is 1. The van der Waals surface area contributed by atoms with Crippen molar-refractivity contribution in [2.75, 3.05) is 12.4 Å². The first-order chi connectivity index (χ1) is 17.6. The molecule has 188 valence electrons. The minimum atomic E-state index is -0.760. The summed E-state index contributed by atoms with van der Waals surface area (Å²) in [6.45, 7) is 4.99. The summed E-state index contributed by atoms with van der Waals surface area (Å²) < 4.78 is 12.4. The van der Waals surface area contributed by atoms with E-state index in [2.05, 4.69) is 62.4 Å². The van der Waals surface area contributed by atoms with Crippen LogP contribution in [0.5, 0.6) is 5.75 Å². The lowest BCUT2D eigenvalue weighted by atomic mass is 9.97. The molecule has 0 saturated heterocycles. The lowest BCUT2D eigenvalue weighted by molar-refractivity contribution is -0.136. The molecule has 0 spiro atoms. The maximum absolute atomic E-state index is 10.7. The van der Waals surface area contributed by atoms with Crippen LogP contribution in [0.15, 0.2) is 76.2 Å². The fourth-order valence-corrected chi connectivity index (χ4v) is 5.21. The van der Waals surface area contributed by atoms with Gasteiger partial charge in [0, 0.05) is 33.6 Å². The molecule has 4 aromatic rings. The molecule has 1 heterocycles. The van der Waals surface area contributed by atoms with Crippen molar-refractivity contribution in [2.45, 2.75) is 57.3 Å². The standard InChI is InChI=1S/C31H34O4S/c1-3-4-9-27-29(17-16-26-28(21-35-31(26)27)25-10-6-5-8-22(25)2)34-19-7-20-36-24-14-11-23(12-15-24)13-18-30(32)33/h5-6,8,10-12,14-17,21H,3-4,7,9,13,18-20H2,1-2H3,(H,32,33). The normalized spacial score (nSPS) is 11.2. The van der Waals surface area contributed by atoms with Crippen LogP contribution in [0.4, 0.5) is 0 Å². The van der Waals surface area contributed by atoms with Crippen LogP contribution < -0.4 is 4.74 Å². The Morgan fingerprint density at radius 2 is 1.78 bits per heavy atom. The van der Waals surface area contributed by atoms with Gasteiger partial charge >= 0.3 is 5.97 Å². The third-order valence-electron chi connectivity index (χ3n) is 6.38. The number of aryl methyl sites for hydroxylation is 3. The number of aliphatic carboxylic acids is 1. The second-order valence-electron chi connectivity index (χ2n) is 9.07. The number of carboxylic acid groups (broad SMARTS) is 1. The Morgan fingerprint density at radius 3 is 2.53 bits per heavy atom. The van der Waals surface area contributed by atoms with Gasteiger partial charge in [-0.2, -0.15) is 0 Å². The molecule has 0 bridgehead atoms. The lowest BCUT2D eigenvalue weighted by Crippen LogP contribution is -2.02. The van der Waals surface area contributed by atoms with Crippen LogP contribution in [0.2, 0.25) is 0 Å². The molecule has 0 unspecified atom stereocenters. The largest absolute Gasteiger partial charge is 0.493 e. The van der Waals surface area contributed by atoms with E-state index in [1.54, 1.807) is 11.8 Å². The van der Waals surface area contributed by atoms with Crippen molar-refractivity contribution in [2.24, 2.45) is 0 Å². The molecule has 1 aromatic heterocycles. The molecular weight excluding hydrogens is 468 g/mol. The van der Waals surface area contributed by atoms with Gasteiger partial charge in [0.1, 0.15) is 11.3 Å². The summed E-state index contributed by atoms with van der Waals surface area (Å²) in [6, 6.07) is 20.8. The van der Waals surface area contributed by atoms with Gasteiger partial charge in [0.25, 0.3) is 0 Å².